The van der Waals surface area contributed by atoms with Crippen molar-refractivity contribution in [2.75, 3.05) is 10.6 Å². The van der Waals surface area contributed by atoms with Crippen LogP contribution in [-0.2, 0) is 6.42 Å². The van der Waals surface area contributed by atoms with Gasteiger partial charge in [0.1, 0.15) is 5.69 Å². The van der Waals surface area contributed by atoms with E-state index in [0.29, 0.717) is 11.6 Å². The molecule has 5 heteroatoms. The lowest BCUT2D eigenvalue weighted by Gasteiger charge is -2.12. The minimum atomic E-state index is -0.245. The van der Waals surface area contributed by atoms with Crippen LogP contribution in [0.5, 0.6) is 0 Å². The molecule has 0 saturated carbocycles. The lowest BCUT2D eigenvalue weighted by Crippen LogP contribution is -2.16. The van der Waals surface area contributed by atoms with E-state index in [4.69, 9.17) is 0 Å². The molecule has 1 aromatic heterocycles. The van der Waals surface area contributed by atoms with Crippen molar-refractivity contribution in [3.05, 3.63) is 76.6 Å². The third kappa shape index (κ3) is 4.50. The number of para-hydroxylation sites is 1. The maximum Gasteiger partial charge on any atom is 0.274 e. The average molecular weight is 360 g/mol. The van der Waals surface area contributed by atoms with Gasteiger partial charge in [-0.25, -0.2) is 9.97 Å². The first-order valence-corrected chi connectivity index (χ1v) is 9.05. The molecule has 0 radical (unpaired) electrons. The molecule has 1 amide bonds. The number of amides is 1. The topological polar surface area (TPSA) is 66.9 Å². The summed E-state index contributed by atoms with van der Waals surface area (Å²) in [5.41, 5.74) is 6.18. The molecular formula is C22H24N4O. The number of rotatable bonds is 5. The average Bonchev–Trinajstić information content (AvgIpc) is 2.64. The van der Waals surface area contributed by atoms with Gasteiger partial charge in [0.25, 0.3) is 5.91 Å². The highest BCUT2D eigenvalue weighted by Gasteiger charge is 2.13. The van der Waals surface area contributed by atoms with E-state index >= 15 is 0 Å². The van der Waals surface area contributed by atoms with Crippen LogP contribution in [0, 0.1) is 20.8 Å². The van der Waals surface area contributed by atoms with Gasteiger partial charge in [0.2, 0.25) is 5.95 Å². The third-order valence-electron chi connectivity index (χ3n) is 4.36. The van der Waals surface area contributed by atoms with Crippen LogP contribution >= 0.6 is 0 Å². The van der Waals surface area contributed by atoms with Crippen LogP contribution in [0.1, 0.15) is 39.8 Å². The molecule has 138 valence electrons. The zero-order chi connectivity index (χ0) is 19.4. The van der Waals surface area contributed by atoms with Crippen LogP contribution in [0.15, 0.2) is 48.5 Å². The van der Waals surface area contributed by atoms with E-state index in [9.17, 15) is 4.79 Å². The Morgan fingerprint density at radius 1 is 0.963 bits per heavy atom. The molecule has 1 heterocycles. The summed E-state index contributed by atoms with van der Waals surface area (Å²) in [7, 11) is 0. The van der Waals surface area contributed by atoms with Crippen molar-refractivity contribution in [1.29, 1.82) is 0 Å². The van der Waals surface area contributed by atoms with Gasteiger partial charge in [0.15, 0.2) is 0 Å². The molecular weight excluding hydrogens is 336 g/mol. The van der Waals surface area contributed by atoms with Crippen molar-refractivity contribution < 1.29 is 4.79 Å². The number of carbonyl (C=O) groups excluding carboxylic acids is 1. The molecule has 0 aliphatic rings. The van der Waals surface area contributed by atoms with Crippen LogP contribution < -0.4 is 10.6 Å². The Kier molecular flexibility index (Phi) is 5.50. The SMILES string of the molecule is CCc1ccccc1NC(=O)c1cc(C)nc(Nc2ccc(C)cc2C)n1. The summed E-state index contributed by atoms with van der Waals surface area (Å²) in [5.74, 6) is 0.168. The number of hydrogen-bond donors (Lipinski definition) is 2. The molecule has 0 aliphatic heterocycles. The van der Waals surface area contributed by atoms with E-state index in [-0.39, 0.29) is 5.91 Å². The zero-order valence-electron chi connectivity index (χ0n) is 16.1. The number of hydrogen-bond acceptors (Lipinski definition) is 4. The molecule has 2 N–H and O–H groups in total. The van der Waals surface area contributed by atoms with Crippen LogP contribution in [0.25, 0.3) is 0 Å². The highest BCUT2D eigenvalue weighted by molar-refractivity contribution is 6.03. The van der Waals surface area contributed by atoms with Gasteiger partial charge < -0.3 is 10.6 Å². The summed E-state index contributed by atoms with van der Waals surface area (Å²) in [6, 6.07) is 15.6. The summed E-state index contributed by atoms with van der Waals surface area (Å²) in [5, 5.41) is 6.18. The summed E-state index contributed by atoms with van der Waals surface area (Å²) in [4.78, 5) is 21.5. The Morgan fingerprint density at radius 3 is 2.48 bits per heavy atom. The standard InChI is InChI=1S/C22H24N4O/c1-5-17-8-6-7-9-19(17)24-21(27)20-13-16(4)23-22(26-20)25-18-11-10-14(2)12-15(18)3/h6-13H,5H2,1-4H3,(H,24,27)(H,23,25,26). The molecule has 2 aromatic carbocycles. The number of carbonyl (C=O) groups is 1. The van der Waals surface area contributed by atoms with E-state index in [1.165, 1.54) is 5.56 Å². The van der Waals surface area contributed by atoms with Gasteiger partial charge in [-0.05, 0) is 56.5 Å². The fraction of sp³-hybridized carbons (Fsp3) is 0.227. The lowest BCUT2D eigenvalue weighted by atomic mass is 10.1. The molecule has 0 fully saturated rings. The predicted octanol–water partition coefficient (Wildman–Crippen LogP) is 4.96. The van der Waals surface area contributed by atoms with Gasteiger partial charge in [-0.15, -0.1) is 0 Å². The van der Waals surface area contributed by atoms with E-state index in [2.05, 4.69) is 40.5 Å². The lowest BCUT2D eigenvalue weighted by molar-refractivity contribution is 0.102. The second-order valence-electron chi connectivity index (χ2n) is 6.63. The number of aryl methyl sites for hydroxylation is 4. The number of benzene rings is 2. The van der Waals surface area contributed by atoms with E-state index in [0.717, 1.165) is 34.6 Å². The number of nitrogens with zero attached hydrogens (tertiary/aromatic N) is 2. The van der Waals surface area contributed by atoms with Gasteiger partial charge in [-0.2, -0.15) is 0 Å². The molecule has 0 spiro atoms. The maximum absolute atomic E-state index is 12.7. The van der Waals surface area contributed by atoms with Crippen LogP contribution in [0.3, 0.4) is 0 Å². The van der Waals surface area contributed by atoms with Gasteiger partial charge >= 0.3 is 0 Å². The van der Waals surface area contributed by atoms with E-state index < -0.39 is 0 Å². The fourth-order valence-corrected chi connectivity index (χ4v) is 2.95. The largest absolute Gasteiger partial charge is 0.324 e. The van der Waals surface area contributed by atoms with Gasteiger partial charge in [-0.3, -0.25) is 4.79 Å². The van der Waals surface area contributed by atoms with Crippen LogP contribution in [0.2, 0.25) is 0 Å². The second kappa shape index (κ2) is 7.99. The number of aromatic nitrogens is 2. The Balaban J connectivity index is 1.85. The third-order valence-corrected chi connectivity index (χ3v) is 4.36. The normalized spacial score (nSPS) is 10.5. The van der Waals surface area contributed by atoms with Crippen molar-refractivity contribution in [1.82, 2.24) is 9.97 Å². The molecule has 0 aliphatic carbocycles. The smallest absolute Gasteiger partial charge is 0.274 e. The highest BCUT2D eigenvalue weighted by Crippen LogP contribution is 2.21. The molecule has 0 saturated heterocycles. The summed E-state index contributed by atoms with van der Waals surface area (Å²) < 4.78 is 0. The Hall–Kier alpha value is -3.21. The second-order valence-corrected chi connectivity index (χ2v) is 6.63. The predicted molar refractivity (Wildman–Crippen MR) is 110 cm³/mol. The fourth-order valence-electron chi connectivity index (χ4n) is 2.95. The van der Waals surface area contributed by atoms with Gasteiger partial charge in [0.05, 0.1) is 0 Å². The number of nitrogens with one attached hydrogen (secondary N) is 2. The Labute approximate surface area is 159 Å². The molecule has 3 aromatic rings. The summed E-state index contributed by atoms with van der Waals surface area (Å²) in [6.45, 7) is 7.99. The van der Waals surface area contributed by atoms with Crippen molar-refractivity contribution >= 4 is 23.2 Å². The molecule has 0 bridgehead atoms. The Morgan fingerprint density at radius 2 is 1.74 bits per heavy atom. The van der Waals surface area contributed by atoms with Crippen molar-refractivity contribution in [2.45, 2.75) is 34.1 Å². The van der Waals surface area contributed by atoms with Crippen molar-refractivity contribution in [3.63, 3.8) is 0 Å². The first-order valence-electron chi connectivity index (χ1n) is 9.05. The first kappa shape index (κ1) is 18.6. The summed E-state index contributed by atoms with van der Waals surface area (Å²) >= 11 is 0. The minimum Gasteiger partial charge on any atom is -0.324 e. The highest BCUT2D eigenvalue weighted by atomic mass is 16.1. The summed E-state index contributed by atoms with van der Waals surface area (Å²) in [6.07, 6.45) is 0.846. The monoisotopic (exact) mass is 360 g/mol. The van der Waals surface area contributed by atoms with Crippen LogP contribution in [0.4, 0.5) is 17.3 Å². The molecule has 3 rings (SSSR count). The Bertz CT molecular complexity index is 982. The molecule has 27 heavy (non-hydrogen) atoms. The van der Waals surface area contributed by atoms with Gasteiger partial charge in [0, 0.05) is 17.1 Å². The quantitative estimate of drug-likeness (QED) is 0.675. The van der Waals surface area contributed by atoms with E-state index in [1.54, 1.807) is 6.07 Å². The molecule has 0 unspecified atom stereocenters. The minimum absolute atomic E-state index is 0.245. The maximum atomic E-state index is 12.7. The first-order chi connectivity index (χ1) is 13.0. The number of anilines is 3. The molecule has 0 atom stereocenters. The van der Waals surface area contributed by atoms with Crippen molar-refractivity contribution in [2.24, 2.45) is 0 Å². The van der Waals surface area contributed by atoms with E-state index in [1.807, 2.05) is 50.2 Å². The zero-order valence-corrected chi connectivity index (χ0v) is 16.1. The van der Waals surface area contributed by atoms with Gasteiger partial charge in [-0.1, -0.05) is 42.8 Å². The molecule has 5 nitrogen and oxygen atoms in total. The van der Waals surface area contributed by atoms with Crippen LogP contribution in [-0.4, -0.2) is 15.9 Å². The van der Waals surface area contributed by atoms with Crippen molar-refractivity contribution in [3.8, 4) is 0 Å².